The summed E-state index contributed by atoms with van der Waals surface area (Å²) >= 11 is 0. The third-order valence-corrected chi connectivity index (χ3v) is 2.88. The minimum absolute atomic E-state index is 0.0975. The van der Waals surface area contributed by atoms with Gasteiger partial charge in [-0.15, -0.1) is 0 Å². The van der Waals surface area contributed by atoms with Gasteiger partial charge in [0.15, 0.2) is 0 Å². The molecule has 2 aromatic heterocycles. The van der Waals surface area contributed by atoms with Gasteiger partial charge in [0.25, 0.3) is 0 Å². The van der Waals surface area contributed by atoms with Crippen molar-refractivity contribution in [2.24, 2.45) is 5.92 Å². The molecule has 1 amide bonds. The van der Waals surface area contributed by atoms with Crippen LogP contribution in [0.25, 0.3) is 5.65 Å². The number of imidazole rings is 1. The van der Waals surface area contributed by atoms with Crippen molar-refractivity contribution in [2.45, 2.75) is 27.3 Å². The Labute approximate surface area is 105 Å². The van der Waals surface area contributed by atoms with E-state index in [-0.39, 0.29) is 24.2 Å². The zero-order chi connectivity index (χ0) is 13.3. The number of amides is 1. The zero-order valence-corrected chi connectivity index (χ0v) is 10.7. The van der Waals surface area contributed by atoms with Crippen LogP contribution in [0.2, 0.25) is 0 Å². The van der Waals surface area contributed by atoms with E-state index in [1.165, 1.54) is 6.07 Å². The van der Waals surface area contributed by atoms with Crippen molar-refractivity contribution < 1.29 is 9.18 Å². The fourth-order valence-electron chi connectivity index (χ4n) is 1.80. The van der Waals surface area contributed by atoms with Crippen LogP contribution in [0.4, 0.5) is 4.39 Å². The summed E-state index contributed by atoms with van der Waals surface area (Å²) in [6, 6.07) is 1.45. The Morgan fingerprint density at radius 1 is 1.56 bits per heavy atom. The van der Waals surface area contributed by atoms with E-state index in [2.05, 4.69) is 10.3 Å². The molecule has 0 saturated heterocycles. The zero-order valence-electron chi connectivity index (χ0n) is 10.7. The summed E-state index contributed by atoms with van der Waals surface area (Å²) in [5, 5.41) is 2.71. The predicted molar refractivity (Wildman–Crippen MR) is 66.6 cm³/mol. The van der Waals surface area contributed by atoms with Crippen molar-refractivity contribution in [3.05, 3.63) is 35.5 Å². The lowest BCUT2D eigenvalue weighted by Gasteiger charge is -2.11. The summed E-state index contributed by atoms with van der Waals surface area (Å²) in [7, 11) is 0. The maximum Gasteiger partial charge on any atom is 0.222 e. The third-order valence-electron chi connectivity index (χ3n) is 2.88. The Bertz CT molecular complexity index is 589. The first-order valence-corrected chi connectivity index (χ1v) is 5.89. The molecule has 0 fully saturated rings. The van der Waals surface area contributed by atoms with Crippen LogP contribution in [0.5, 0.6) is 0 Å². The maximum absolute atomic E-state index is 13.9. The van der Waals surface area contributed by atoms with Gasteiger partial charge in [-0.25, -0.2) is 9.37 Å². The van der Waals surface area contributed by atoms with Crippen LogP contribution < -0.4 is 5.32 Å². The van der Waals surface area contributed by atoms with E-state index in [0.717, 1.165) is 5.69 Å². The summed E-state index contributed by atoms with van der Waals surface area (Å²) in [4.78, 5) is 15.6. The highest BCUT2D eigenvalue weighted by molar-refractivity contribution is 5.78. The number of nitrogens with one attached hydrogen (secondary N) is 1. The van der Waals surface area contributed by atoms with E-state index in [1.807, 2.05) is 6.92 Å². The average molecular weight is 249 g/mol. The van der Waals surface area contributed by atoms with E-state index in [0.29, 0.717) is 11.2 Å². The number of hydrogen-bond donors (Lipinski definition) is 1. The van der Waals surface area contributed by atoms with Gasteiger partial charge in [-0.05, 0) is 13.0 Å². The lowest BCUT2D eigenvalue weighted by atomic mass is 10.2. The number of pyridine rings is 1. The van der Waals surface area contributed by atoms with Crippen molar-refractivity contribution in [3.8, 4) is 0 Å². The number of hydrogen-bond acceptors (Lipinski definition) is 2. The molecule has 0 aliphatic rings. The van der Waals surface area contributed by atoms with Gasteiger partial charge in [0.05, 0.1) is 5.56 Å². The van der Waals surface area contributed by atoms with Gasteiger partial charge in [-0.3, -0.25) is 4.79 Å². The molecule has 1 N–H and O–H groups in total. The average Bonchev–Trinajstić information content (AvgIpc) is 2.77. The van der Waals surface area contributed by atoms with Crippen LogP contribution in [0.15, 0.2) is 18.5 Å². The van der Waals surface area contributed by atoms with Gasteiger partial charge in [-0.1, -0.05) is 13.8 Å². The minimum atomic E-state index is -0.338. The van der Waals surface area contributed by atoms with Gasteiger partial charge in [0, 0.05) is 30.6 Å². The van der Waals surface area contributed by atoms with Gasteiger partial charge in [0.2, 0.25) is 5.91 Å². The molecular weight excluding hydrogens is 233 g/mol. The number of carbonyl (C=O) groups is 1. The first-order valence-electron chi connectivity index (χ1n) is 5.89. The van der Waals surface area contributed by atoms with Crippen molar-refractivity contribution in [3.63, 3.8) is 0 Å². The van der Waals surface area contributed by atoms with E-state index in [4.69, 9.17) is 0 Å². The summed E-state index contributed by atoms with van der Waals surface area (Å²) in [6.07, 6.45) is 3.40. The monoisotopic (exact) mass is 249 g/mol. The first-order chi connectivity index (χ1) is 8.50. The van der Waals surface area contributed by atoms with Gasteiger partial charge >= 0.3 is 0 Å². The second-order valence-corrected chi connectivity index (χ2v) is 4.61. The quantitative estimate of drug-likeness (QED) is 0.905. The van der Waals surface area contributed by atoms with E-state index >= 15 is 0 Å². The largest absolute Gasteiger partial charge is 0.352 e. The summed E-state index contributed by atoms with van der Waals surface area (Å²) < 4.78 is 15.7. The van der Waals surface area contributed by atoms with Crippen molar-refractivity contribution in [1.82, 2.24) is 14.7 Å². The molecule has 4 nitrogen and oxygen atoms in total. The van der Waals surface area contributed by atoms with Crippen LogP contribution >= 0.6 is 0 Å². The fourth-order valence-corrected chi connectivity index (χ4v) is 1.80. The molecule has 0 aliphatic carbocycles. The normalized spacial score (nSPS) is 11.2. The molecule has 0 radical (unpaired) electrons. The Hall–Kier alpha value is -1.91. The fraction of sp³-hybridized carbons (Fsp3) is 0.385. The SMILES string of the molecule is Cc1cc(F)c(CNC(=O)C(C)C)c2nccn12. The smallest absolute Gasteiger partial charge is 0.222 e. The second kappa shape index (κ2) is 4.76. The number of aryl methyl sites for hydroxylation is 1. The predicted octanol–water partition coefficient (Wildman–Crippen LogP) is 2.05. The topological polar surface area (TPSA) is 46.4 Å². The Morgan fingerprint density at radius 2 is 2.28 bits per heavy atom. The first kappa shape index (κ1) is 12.5. The number of rotatable bonds is 3. The molecule has 0 saturated carbocycles. The molecule has 2 rings (SSSR count). The molecule has 0 aliphatic heterocycles. The molecule has 0 bridgehead atoms. The molecule has 0 unspecified atom stereocenters. The highest BCUT2D eigenvalue weighted by Crippen LogP contribution is 2.16. The standard InChI is InChI=1S/C13H16FN3O/c1-8(2)13(18)16-7-10-11(14)6-9(3)17-5-4-15-12(10)17/h4-6,8H,7H2,1-3H3,(H,16,18). The molecule has 96 valence electrons. The number of halogens is 1. The van der Waals surface area contributed by atoms with Gasteiger partial charge in [-0.2, -0.15) is 0 Å². The molecule has 2 aromatic rings. The van der Waals surface area contributed by atoms with Crippen LogP contribution in [0.1, 0.15) is 25.1 Å². The highest BCUT2D eigenvalue weighted by Gasteiger charge is 2.13. The summed E-state index contributed by atoms with van der Waals surface area (Å²) in [6.45, 7) is 5.57. The number of fused-ring (bicyclic) bond motifs is 1. The van der Waals surface area contributed by atoms with Crippen molar-refractivity contribution >= 4 is 11.6 Å². The summed E-state index contributed by atoms with van der Waals surface area (Å²) in [5.41, 5.74) is 1.75. The molecule has 2 heterocycles. The molecule has 0 aromatic carbocycles. The van der Waals surface area contributed by atoms with Gasteiger partial charge < -0.3 is 9.72 Å². The Morgan fingerprint density at radius 3 is 2.94 bits per heavy atom. The van der Waals surface area contributed by atoms with Crippen molar-refractivity contribution in [2.75, 3.05) is 0 Å². The second-order valence-electron chi connectivity index (χ2n) is 4.61. The number of carbonyl (C=O) groups excluding carboxylic acids is 1. The minimum Gasteiger partial charge on any atom is -0.352 e. The lowest BCUT2D eigenvalue weighted by Crippen LogP contribution is -2.27. The molecular formula is C13H16FN3O. The number of nitrogens with zero attached hydrogens (tertiary/aromatic N) is 2. The van der Waals surface area contributed by atoms with Crippen LogP contribution in [-0.2, 0) is 11.3 Å². The van der Waals surface area contributed by atoms with Crippen molar-refractivity contribution in [1.29, 1.82) is 0 Å². The van der Waals surface area contributed by atoms with Crippen LogP contribution in [0.3, 0.4) is 0 Å². The lowest BCUT2D eigenvalue weighted by molar-refractivity contribution is -0.124. The van der Waals surface area contributed by atoms with Crippen LogP contribution in [-0.4, -0.2) is 15.3 Å². The van der Waals surface area contributed by atoms with E-state index in [9.17, 15) is 9.18 Å². The molecule has 0 atom stereocenters. The highest BCUT2D eigenvalue weighted by atomic mass is 19.1. The molecule has 0 spiro atoms. The molecule has 18 heavy (non-hydrogen) atoms. The number of aromatic nitrogens is 2. The van der Waals surface area contributed by atoms with E-state index in [1.54, 1.807) is 30.6 Å². The third kappa shape index (κ3) is 2.20. The van der Waals surface area contributed by atoms with Gasteiger partial charge in [0.1, 0.15) is 11.5 Å². The summed E-state index contributed by atoms with van der Waals surface area (Å²) in [5.74, 6) is -0.552. The van der Waals surface area contributed by atoms with E-state index < -0.39 is 0 Å². The Balaban J connectivity index is 2.33. The maximum atomic E-state index is 13.9. The van der Waals surface area contributed by atoms with Crippen LogP contribution in [0, 0.1) is 18.7 Å². The Kier molecular flexibility index (Phi) is 3.32. The molecule has 5 heteroatoms.